The second-order valence-electron chi connectivity index (χ2n) is 4.94. The van der Waals surface area contributed by atoms with E-state index in [4.69, 9.17) is 4.74 Å². The summed E-state index contributed by atoms with van der Waals surface area (Å²) in [5.74, 6) is 0.0396. The first-order valence-electron chi connectivity index (χ1n) is 6.79. The Balaban J connectivity index is 2.29. The molecule has 3 nitrogen and oxygen atoms in total. The Kier molecular flexibility index (Phi) is 4.51. The van der Waals surface area contributed by atoms with Crippen LogP contribution in [0.1, 0.15) is 67.9 Å². The lowest BCUT2D eigenvalue weighted by Gasteiger charge is -2.30. The molecule has 18 heavy (non-hydrogen) atoms. The van der Waals surface area contributed by atoms with E-state index in [-0.39, 0.29) is 11.4 Å². The van der Waals surface area contributed by atoms with Gasteiger partial charge < -0.3 is 4.74 Å². The van der Waals surface area contributed by atoms with Gasteiger partial charge in [-0.15, -0.1) is 11.3 Å². The van der Waals surface area contributed by atoms with Gasteiger partial charge in [-0.3, -0.25) is 4.79 Å². The number of hydrogen-bond acceptors (Lipinski definition) is 4. The molecule has 0 radical (unpaired) electrons. The molecule has 0 saturated heterocycles. The van der Waals surface area contributed by atoms with E-state index in [1.54, 1.807) is 18.3 Å². The molecule has 1 aliphatic rings. The van der Waals surface area contributed by atoms with Crippen LogP contribution >= 0.6 is 11.3 Å². The van der Waals surface area contributed by atoms with Gasteiger partial charge in [-0.1, -0.05) is 25.7 Å². The monoisotopic (exact) mass is 267 g/mol. The Morgan fingerprint density at radius 1 is 1.39 bits per heavy atom. The first-order chi connectivity index (χ1) is 8.68. The average molecular weight is 267 g/mol. The van der Waals surface area contributed by atoms with Crippen molar-refractivity contribution >= 4 is 17.1 Å². The minimum absolute atomic E-state index is 0.0396. The molecule has 0 amide bonds. The summed E-state index contributed by atoms with van der Waals surface area (Å²) in [6.07, 6.45) is 7.00. The van der Waals surface area contributed by atoms with Gasteiger partial charge in [0, 0.05) is 18.9 Å². The first kappa shape index (κ1) is 13.7. The molecule has 1 aromatic rings. The van der Waals surface area contributed by atoms with Gasteiger partial charge in [0.05, 0.1) is 0 Å². The smallest absolute Gasteiger partial charge is 0.178 e. The van der Waals surface area contributed by atoms with Crippen LogP contribution in [-0.2, 0) is 10.3 Å². The zero-order valence-corrected chi connectivity index (χ0v) is 12.0. The lowest BCUT2D eigenvalue weighted by molar-refractivity contribution is -0.0560. The molecular formula is C14H21NO2S. The molecule has 0 aliphatic heterocycles. The van der Waals surface area contributed by atoms with Gasteiger partial charge in [0.1, 0.15) is 16.3 Å². The molecule has 0 N–H and O–H groups in total. The van der Waals surface area contributed by atoms with Crippen LogP contribution in [0.25, 0.3) is 0 Å². The van der Waals surface area contributed by atoms with Crippen LogP contribution in [0.5, 0.6) is 0 Å². The van der Waals surface area contributed by atoms with Crippen molar-refractivity contribution < 1.29 is 9.53 Å². The second kappa shape index (κ2) is 5.93. The van der Waals surface area contributed by atoms with Crippen molar-refractivity contribution in [2.45, 2.75) is 58.0 Å². The third-order valence-electron chi connectivity index (χ3n) is 3.59. The highest BCUT2D eigenvalue weighted by molar-refractivity contribution is 7.10. The summed E-state index contributed by atoms with van der Waals surface area (Å²) in [5.41, 5.74) is 0.349. The molecule has 0 spiro atoms. The molecule has 1 aromatic heterocycles. The van der Waals surface area contributed by atoms with Crippen molar-refractivity contribution in [3.8, 4) is 0 Å². The molecule has 1 fully saturated rings. The Hall–Kier alpha value is -0.740. The summed E-state index contributed by atoms with van der Waals surface area (Å²) in [4.78, 5) is 15.9. The van der Waals surface area contributed by atoms with Crippen LogP contribution in [0.15, 0.2) is 5.38 Å². The number of carbonyl (C=O) groups excluding carboxylic acids is 1. The minimum atomic E-state index is -0.233. The fourth-order valence-corrected chi connectivity index (χ4v) is 3.71. The van der Waals surface area contributed by atoms with Crippen LogP contribution in [0.2, 0.25) is 0 Å². The van der Waals surface area contributed by atoms with Gasteiger partial charge in [0.2, 0.25) is 0 Å². The number of aromatic nitrogens is 1. The highest BCUT2D eigenvalue weighted by atomic mass is 32.1. The standard InChI is InChI=1S/C14H21NO2S/c1-3-17-14(8-6-4-5-7-9-14)13-15-12(10-18-13)11(2)16/h10H,3-9H2,1-2H3. The predicted octanol–water partition coefficient (Wildman–Crippen LogP) is 3.93. The van der Waals surface area contributed by atoms with Crippen molar-refractivity contribution in [2.75, 3.05) is 6.61 Å². The van der Waals surface area contributed by atoms with Crippen molar-refractivity contribution in [2.24, 2.45) is 0 Å². The molecule has 2 rings (SSSR count). The highest BCUT2D eigenvalue weighted by Crippen LogP contribution is 2.40. The number of ketones is 1. The first-order valence-corrected chi connectivity index (χ1v) is 7.67. The van der Waals surface area contributed by atoms with Crippen molar-refractivity contribution in [1.82, 2.24) is 4.98 Å². The number of carbonyl (C=O) groups is 1. The molecule has 100 valence electrons. The molecule has 0 atom stereocenters. The fraction of sp³-hybridized carbons (Fsp3) is 0.714. The van der Waals surface area contributed by atoms with Gasteiger partial charge >= 0.3 is 0 Å². The quantitative estimate of drug-likeness (QED) is 0.613. The zero-order valence-electron chi connectivity index (χ0n) is 11.2. The maximum Gasteiger partial charge on any atom is 0.178 e. The topological polar surface area (TPSA) is 39.2 Å². The van der Waals surface area contributed by atoms with Crippen LogP contribution in [0.4, 0.5) is 0 Å². The number of thiazole rings is 1. The van der Waals surface area contributed by atoms with Gasteiger partial charge in [-0.2, -0.15) is 0 Å². The van der Waals surface area contributed by atoms with Crippen LogP contribution < -0.4 is 0 Å². The van der Waals surface area contributed by atoms with Crippen LogP contribution in [0.3, 0.4) is 0 Å². The fourth-order valence-electron chi connectivity index (χ4n) is 2.64. The lowest BCUT2D eigenvalue weighted by Crippen LogP contribution is -2.29. The van der Waals surface area contributed by atoms with E-state index >= 15 is 0 Å². The van der Waals surface area contributed by atoms with E-state index in [1.807, 2.05) is 12.3 Å². The average Bonchev–Trinajstić information content (AvgIpc) is 2.73. The number of ether oxygens (including phenoxy) is 1. The Bertz CT molecular complexity index is 406. The summed E-state index contributed by atoms with van der Waals surface area (Å²) in [6.45, 7) is 4.31. The third-order valence-corrected chi connectivity index (χ3v) is 4.61. The molecule has 1 aliphatic carbocycles. The maximum atomic E-state index is 11.4. The zero-order chi connectivity index (χ0) is 13.0. The highest BCUT2D eigenvalue weighted by Gasteiger charge is 2.36. The normalized spacial score (nSPS) is 19.4. The van der Waals surface area contributed by atoms with Crippen molar-refractivity contribution in [3.63, 3.8) is 0 Å². The van der Waals surface area contributed by atoms with Gasteiger partial charge in [0.25, 0.3) is 0 Å². The predicted molar refractivity (Wildman–Crippen MR) is 73.1 cm³/mol. The number of Topliss-reactive ketones (excluding diaryl/α,β-unsaturated/α-hetero) is 1. The Morgan fingerprint density at radius 2 is 2.06 bits per heavy atom. The van der Waals surface area contributed by atoms with Gasteiger partial charge in [0.15, 0.2) is 5.78 Å². The van der Waals surface area contributed by atoms with E-state index in [1.165, 1.54) is 25.7 Å². The van der Waals surface area contributed by atoms with Crippen LogP contribution in [0, 0.1) is 0 Å². The number of nitrogens with zero attached hydrogens (tertiary/aromatic N) is 1. The summed E-state index contributed by atoms with van der Waals surface area (Å²) in [6, 6.07) is 0. The summed E-state index contributed by atoms with van der Waals surface area (Å²) >= 11 is 1.58. The van der Waals surface area contributed by atoms with E-state index in [2.05, 4.69) is 4.98 Å². The Labute approximate surface area is 113 Å². The second-order valence-corrected chi connectivity index (χ2v) is 5.79. The van der Waals surface area contributed by atoms with E-state index in [9.17, 15) is 4.79 Å². The Morgan fingerprint density at radius 3 is 2.56 bits per heavy atom. The molecule has 1 heterocycles. The summed E-state index contributed by atoms with van der Waals surface area (Å²) in [5, 5.41) is 2.86. The molecule has 0 bridgehead atoms. The maximum absolute atomic E-state index is 11.4. The van der Waals surface area contributed by atoms with Gasteiger partial charge in [-0.05, 0) is 19.8 Å². The van der Waals surface area contributed by atoms with Gasteiger partial charge in [-0.25, -0.2) is 4.98 Å². The van der Waals surface area contributed by atoms with E-state index < -0.39 is 0 Å². The van der Waals surface area contributed by atoms with E-state index in [0.717, 1.165) is 17.8 Å². The molecular weight excluding hydrogens is 246 g/mol. The molecule has 4 heteroatoms. The summed E-state index contributed by atoms with van der Waals surface area (Å²) in [7, 11) is 0. The molecule has 0 aromatic carbocycles. The van der Waals surface area contributed by atoms with Crippen molar-refractivity contribution in [1.29, 1.82) is 0 Å². The third kappa shape index (κ3) is 2.81. The minimum Gasteiger partial charge on any atom is -0.368 e. The number of rotatable bonds is 4. The molecule has 1 saturated carbocycles. The lowest BCUT2D eigenvalue weighted by atomic mass is 9.95. The SMILES string of the molecule is CCOC1(c2nc(C(C)=O)cs2)CCCCCC1. The van der Waals surface area contributed by atoms with Crippen molar-refractivity contribution in [3.05, 3.63) is 16.1 Å². The number of hydrogen-bond donors (Lipinski definition) is 0. The van der Waals surface area contributed by atoms with Crippen LogP contribution in [-0.4, -0.2) is 17.4 Å². The molecule has 0 unspecified atom stereocenters. The summed E-state index contributed by atoms with van der Waals surface area (Å²) < 4.78 is 6.07. The largest absolute Gasteiger partial charge is 0.368 e. The van der Waals surface area contributed by atoms with E-state index in [0.29, 0.717) is 12.3 Å².